The Morgan fingerprint density at radius 1 is 1.52 bits per heavy atom. The standard InChI is InChI=1S/C16H19FO4/c1-2-20-16(18)6-4-12-3-5-14(17)9-13(12)7-8-19-10-15-11-21-15/h3-6,9,15H,2,7-8,10-11H2,1H3/b6-4+/t15-/m0/s1. The fourth-order valence-corrected chi connectivity index (χ4v) is 1.86. The van der Waals surface area contributed by atoms with Crippen molar-refractivity contribution in [1.29, 1.82) is 0 Å². The SMILES string of the molecule is CCOC(=O)/C=C/c1ccc(F)cc1CCOC[C@H]1CO1. The molecule has 1 aliphatic heterocycles. The molecule has 0 amide bonds. The van der Waals surface area contributed by atoms with Gasteiger partial charge >= 0.3 is 5.97 Å². The predicted molar refractivity (Wildman–Crippen MR) is 76.3 cm³/mol. The lowest BCUT2D eigenvalue weighted by Gasteiger charge is -2.07. The van der Waals surface area contributed by atoms with Crippen LogP contribution in [0.15, 0.2) is 24.3 Å². The number of benzene rings is 1. The smallest absolute Gasteiger partial charge is 0.330 e. The van der Waals surface area contributed by atoms with Crippen LogP contribution < -0.4 is 0 Å². The molecule has 1 aromatic carbocycles. The van der Waals surface area contributed by atoms with Crippen molar-refractivity contribution in [2.75, 3.05) is 26.4 Å². The molecule has 0 unspecified atom stereocenters. The fourth-order valence-electron chi connectivity index (χ4n) is 1.86. The van der Waals surface area contributed by atoms with Crippen molar-refractivity contribution in [1.82, 2.24) is 0 Å². The second-order valence-electron chi connectivity index (χ2n) is 4.71. The molecular weight excluding hydrogens is 275 g/mol. The highest BCUT2D eigenvalue weighted by Gasteiger charge is 2.22. The Morgan fingerprint density at radius 3 is 3.05 bits per heavy atom. The van der Waals surface area contributed by atoms with Crippen LogP contribution >= 0.6 is 0 Å². The summed E-state index contributed by atoms with van der Waals surface area (Å²) in [5.41, 5.74) is 1.59. The van der Waals surface area contributed by atoms with Gasteiger partial charge in [0.05, 0.1) is 26.4 Å². The van der Waals surface area contributed by atoms with E-state index in [-0.39, 0.29) is 11.9 Å². The van der Waals surface area contributed by atoms with E-state index in [9.17, 15) is 9.18 Å². The van der Waals surface area contributed by atoms with Gasteiger partial charge < -0.3 is 14.2 Å². The topological polar surface area (TPSA) is 48.1 Å². The molecule has 5 heteroatoms. The number of epoxide rings is 1. The highest BCUT2D eigenvalue weighted by atomic mass is 19.1. The molecule has 114 valence electrons. The number of hydrogen-bond donors (Lipinski definition) is 0. The third-order valence-corrected chi connectivity index (χ3v) is 3.01. The van der Waals surface area contributed by atoms with Gasteiger partial charge in [-0.3, -0.25) is 0 Å². The number of carbonyl (C=O) groups excluding carboxylic acids is 1. The van der Waals surface area contributed by atoms with Gasteiger partial charge in [-0.1, -0.05) is 6.07 Å². The lowest BCUT2D eigenvalue weighted by Crippen LogP contribution is -2.06. The molecule has 0 spiro atoms. The molecule has 1 aromatic rings. The molecule has 0 bridgehead atoms. The molecule has 1 atom stereocenters. The van der Waals surface area contributed by atoms with Gasteiger partial charge in [0, 0.05) is 6.08 Å². The van der Waals surface area contributed by atoms with Crippen molar-refractivity contribution < 1.29 is 23.4 Å². The molecule has 1 aliphatic rings. The van der Waals surface area contributed by atoms with E-state index in [2.05, 4.69) is 0 Å². The Labute approximate surface area is 123 Å². The van der Waals surface area contributed by atoms with Gasteiger partial charge in [-0.25, -0.2) is 9.18 Å². The maximum Gasteiger partial charge on any atom is 0.330 e. The zero-order valence-electron chi connectivity index (χ0n) is 12.0. The zero-order valence-corrected chi connectivity index (χ0v) is 12.0. The Hall–Kier alpha value is -1.72. The third-order valence-electron chi connectivity index (χ3n) is 3.01. The average Bonchev–Trinajstić information content (AvgIpc) is 3.27. The van der Waals surface area contributed by atoms with E-state index in [0.717, 1.165) is 17.7 Å². The van der Waals surface area contributed by atoms with Crippen LogP contribution in [0.5, 0.6) is 0 Å². The van der Waals surface area contributed by atoms with Crippen LogP contribution in [0.3, 0.4) is 0 Å². The fraction of sp³-hybridized carbons (Fsp3) is 0.438. The molecule has 0 aliphatic carbocycles. The second-order valence-corrected chi connectivity index (χ2v) is 4.71. The number of ether oxygens (including phenoxy) is 3. The van der Waals surface area contributed by atoms with Crippen molar-refractivity contribution in [2.45, 2.75) is 19.4 Å². The lowest BCUT2D eigenvalue weighted by atomic mass is 10.0. The van der Waals surface area contributed by atoms with Crippen LogP contribution in [-0.4, -0.2) is 38.5 Å². The minimum absolute atomic E-state index is 0.223. The van der Waals surface area contributed by atoms with Crippen LogP contribution in [0.1, 0.15) is 18.1 Å². The van der Waals surface area contributed by atoms with Crippen LogP contribution in [0.4, 0.5) is 4.39 Å². The van der Waals surface area contributed by atoms with Gasteiger partial charge in [0.15, 0.2) is 0 Å². The number of halogens is 1. The van der Waals surface area contributed by atoms with Crippen molar-refractivity contribution in [3.8, 4) is 0 Å². The number of rotatable bonds is 8. The molecule has 2 rings (SSSR count). The van der Waals surface area contributed by atoms with Gasteiger partial charge in [-0.05, 0) is 42.7 Å². The molecule has 0 radical (unpaired) electrons. The molecule has 4 nitrogen and oxygen atoms in total. The van der Waals surface area contributed by atoms with Gasteiger partial charge in [0.1, 0.15) is 11.9 Å². The Balaban J connectivity index is 1.93. The highest BCUT2D eigenvalue weighted by Crippen LogP contribution is 2.15. The molecule has 1 heterocycles. The van der Waals surface area contributed by atoms with Gasteiger partial charge in [0.25, 0.3) is 0 Å². The van der Waals surface area contributed by atoms with E-state index in [1.165, 1.54) is 18.2 Å². The summed E-state index contributed by atoms with van der Waals surface area (Å²) in [7, 11) is 0. The maximum atomic E-state index is 13.3. The van der Waals surface area contributed by atoms with Crippen molar-refractivity contribution in [3.63, 3.8) is 0 Å². The van der Waals surface area contributed by atoms with Crippen molar-refractivity contribution >= 4 is 12.0 Å². The van der Waals surface area contributed by atoms with Crippen LogP contribution in [0, 0.1) is 5.82 Å². The first-order chi connectivity index (χ1) is 10.2. The quantitative estimate of drug-likeness (QED) is 0.320. The van der Waals surface area contributed by atoms with Gasteiger partial charge in [-0.2, -0.15) is 0 Å². The van der Waals surface area contributed by atoms with E-state index in [4.69, 9.17) is 14.2 Å². The summed E-state index contributed by atoms with van der Waals surface area (Å²) in [5.74, 6) is -0.710. The minimum Gasteiger partial charge on any atom is -0.463 e. The molecule has 1 saturated heterocycles. The summed E-state index contributed by atoms with van der Waals surface area (Å²) in [6.45, 7) is 3.90. The first kappa shape index (κ1) is 15.7. The Bertz CT molecular complexity index is 509. The number of hydrogen-bond acceptors (Lipinski definition) is 4. The van der Waals surface area contributed by atoms with Gasteiger partial charge in [-0.15, -0.1) is 0 Å². The van der Waals surface area contributed by atoms with E-state index >= 15 is 0 Å². The Morgan fingerprint density at radius 2 is 2.33 bits per heavy atom. The summed E-state index contributed by atoms with van der Waals surface area (Å²) in [4.78, 5) is 11.3. The largest absolute Gasteiger partial charge is 0.463 e. The summed E-state index contributed by atoms with van der Waals surface area (Å²) in [6, 6.07) is 4.47. The normalized spacial score (nSPS) is 17.1. The third kappa shape index (κ3) is 5.65. The van der Waals surface area contributed by atoms with E-state index in [1.807, 2.05) is 0 Å². The molecule has 1 fully saturated rings. The first-order valence-corrected chi connectivity index (χ1v) is 7.01. The van der Waals surface area contributed by atoms with Crippen LogP contribution in [-0.2, 0) is 25.4 Å². The molecule has 0 N–H and O–H groups in total. The van der Waals surface area contributed by atoms with Gasteiger partial charge in [0.2, 0.25) is 0 Å². The predicted octanol–water partition coefficient (Wildman–Crippen LogP) is 2.36. The van der Waals surface area contributed by atoms with Crippen molar-refractivity contribution in [2.24, 2.45) is 0 Å². The molecule has 21 heavy (non-hydrogen) atoms. The van der Waals surface area contributed by atoms with E-state index < -0.39 is 5.97 Å². The average molecular weight is 294 g/mol. The summed E-state index contributed by atoms with van der Waals surface area (Å²) in [6.07, 6.45) is 3.78. The molecular formula is C16H19FO4. The molecule has 0 aromatic heterocycles. The number of carbonyl (C=O) groups is 1. The lowest BCUT2D eigenvalue weighted by molar-refractivity contribution is -0.137. The van der Waals surface area contributed by atoms with Crippen molar-refractivity contribution in [3.05, 3.63) is 41.2 Å². The Kier molecular flexibility index (Phi) is 5.90. The minimum atomic E-state index is -0.407. The maximum absolute atomic E-state index is 13.3. The van der Waals surface area contributed by atoms with Crippen LogP contribution in [0.25, 0.3) is 6.08 Å². The van der Waals surface area contributed by atoms with E-state index in [0.29, 0.717) is 26.2 Å². The summed E-state index contributed by atoms with van der Waals surface area (Å²) >= 11 is 0. The zero-order chi connectivity index (χ0) is 15.1. The van der Waals surface area contributed by atoms with Crippen LogP contribution in [0.2, 0.25) is 0 Å². The molecule has 0 saturated carbocycles. The highest BCUT2D eigenvalue weighted by molar-refractivity contribution is 5.87. The summed E-state index contributed by atoms with van der Waals surface area (Å²) in [5, 5.41) is 0. The van der Waals surface area contributed by atoms with E-state index in [1.54, 1.807) is 19.1 Å². The number of esters is 1. The monoisotopic (exact) mass is 294 g/mol. The second kappa shape index (κ2) is 7.90. The first-order valence-electron chi connectivity index (χ1n) is 7.01. The summed E-state index contributed by atoms with van der Waals surface area (Å²) < 4.78 is 28.7.